The average Bonchev–Trinajstić information content (AvgIpc) is 3.44. The summed E-state index contributed by atoms with van der Waals surface area (Å²) in [4.78, 5) is 51.0. The van der Waals surface area contributed by atoms with Crippen LogP contribution in [-0.2, 0) is 42.9 Å². The van der Waals surface area contributed by atoms with Gasteiger partial charge >= 0.3 is 23.9 Å². The number of furan rings is 1. The van der Waals surface area contributed by atoms with Gasteiger partial charge in [0.15, 0.2) is 6.10 Å². The van der Waals surface area contributed by atoms with Crippen molar-refractivity contribution in [3.63, 3.8) is 0 Å². The Kier molecular flexibility index (Phi) is 7.17. The maximum absolute atomic E-state index is 13.4. The van der Waals surface area contributed by atoms with Crippen LogP contribution in [0.4, 0.5) is 0 Å². The molecular weight excluding hydrogens is 548 g/mol. The van der Waals surface area contributed by atoms with Crippen LogP contribution in [0.3, 0.4) is 0 Å². The highest BCUT2D eigenvalue weighted by Gasteiger charge is 2.79. The van der Waals surface area contributed by atoms with E-state index in [1.54, 1.807) is 13.0 Å². The van der Waals surface area contributed by atoms with Gasteiger partial charge in [-0.25, -0.2) is 4.79 Å². The molecule has 1 N–H and O–H groups in total. The molecule has 2 saturated carbocycles. The van der Waals surface area contributed by atoms with Crippen LogP contribution in [0, 0.1) is 28.1 Å². The monoisotopic (exact) mass is 588 g/mol. The Morgan fingerprint density at radius 1 is 1.07 bits per heavy atom. The second-order valence-electron chi connectivity index (χ2n) is 13.2. The fraction of sp³-hybridized carbons (Fsp3) is 0.677. The van der Waals surface area contributed by atoms with E-state index >= 15 is 0 Å². The molecule has 11 heteroatoms. The summed E-state index contributed by atoms with van der Waals surface area (Å²) in [7, 11) is 1.32. The Labute approximate surface area is 244 Å². The van der Waals surface area contributed by atoms with Gasteiger partial charge in [-0.15, -0.1) is 0 Å². The molecule has 11 nitrogen and oxygen atoms in total. The van der Waals surface area contributed by atoms with Gasteiger partial charge in [0.1, 0.15) is 23.9 Å². The predicted octanol–water partition coefficient (Wildman–Crippen LogP) is 3.44. The highest BCUT2D eigenvalue weighted by molar-refractivity contribution is 5.80. The molecule has 4 fully saturated rings. The molecule has 230 valence electrons. The van der Waals surface area contributed by atoms with Crippen molar-refractivity contribution in [2.45, 2.75) is 96.9 Å². The maximum atomic E-state index is 13.4. The smallest absolute Gasteiger partial charge is 0.339 e. The van der Waals surface area contributed by atoms with Crippen molar-refractivity contribution in [1.29, 1.82) is 0 Å². The molecule has 3 heterocycles. The van der Waals surface area contributed by atoms with E-state index in [0.29, 0.717) is 11.1 Å². The summed E-state index contributed by atoms with van der Waals surface area (Å²) >= 11 is 0. The number of hydrogen-bond donors (Lipinski definition) is 1. The second-order valence-corrected chi connectivity index (χ2v) is 13.2. The lowest BCUT2D eigenvalue weighted by atomic mass is 9.40. The van der Waals surface area contributed by atoms with Gasteiger partial charge in [0.25, 0.3) is 0 Å². The summed E-state index contributed by atoms with van der Waals surface area (Å²) in [6, 6.07) is 1.65. The molecule has 2 saturated heterocycles. The topological polar surface area (TPSA) is 148 Å². The first-order chi connectivity index (χ1) is 19.6. The number of aliphatic hydroxyl groups is 1. The number of carbonyl (C=O) groups is 4. The SMILES string of the molecule is C=C1C2CC(OC(C)=O)C3(C)C(c4ccoc4)OC(=O)[C@@H](O)[C@]13OC1C[C@H](OC(C)=O)C(C)(C)[C@H](CC(=O)OC)[C@]12C. The summed E-state index contributed by atoms with van der Waals surface area (Å²) in [6.45, 7) is 14.7. The van der Waals surface area contributed by atoms with Gasteiger partial charge in [-0.2, -0.15) is 0 Å². The molecule has 2 bridgehead atoms. The molecule has 0 amide bonds. The number of esters is 4. The van der Waals surface area contributed by atoms with Crippen molar-refractivity contribution in [2.75, 3.05) is 7.11 Å². The van der Waals surface area contributed by atoms with Crippen molar-refractivity contribution in [1.82, 2.24) is 0 Å². The fourth-order valence-electron chi connectivity index (χ4n) is 8.86. The van der Waals surface area contributed by atoms with Gasteiger partial charge in [0, 0.05) is 43.1 Å². The molecule has 0 radical (unpaired) electrons. The zero-order valence-corrected chi connectivity index (χ0v) is 25.1. The van der Waals surface area contributed by atoms with Crippen molar-refractivity contribution in [2.24, 2.45) is 28.1 Å². The van der Waals surface area contributed by atoms with Crippen LogP contribution in [-0.4, -0.2) is 66.1 Å². The van der Waals surface area contributed by atoms with Gasteiger partial charge in [0.05, 0.1) is 31.2 Å². The van der Waals surface area contributed by atoms with Crippen molar-refractivity contribution < 1.29 is 52.4 Å². The fourth-order valence-corrected chi connectivity index (χ4v) is 8.86. The first kappa shape index (κ1) is 30.3. The molecule has 0 aromatic carbocycles. The number of fused-ring (bicyclic) bond motifs is 3. The third kappa shape index (κ3) is 3.92. The highest BCUT2D eigenvalue weighted by Crippen LogP contribution is 2.72. The molecule has 4 aliphatic rings. The summed E-state index contributed by atoms with van der Waals surface area (Å²) in [5.74, 6) is -3.32. The maximum Gasteiger partial charge on any atom is 0.339 e. The third-order valence-corrected chi connectivity index (χ3v) is 10.9. The van der Waals surface area contributed by atoms with Gasteiger partial charge in [0.2, 0.25) is 0 Å². The predicted molar refractivity (Wildman–Crippen MR) is 144 cm³/mol. The second kappa shape index (κ2) is 9.94. The van der Waals surface area contributed by atoms with Crippen LogP contribution < -0.4 is 0 Å². The van der Waals surface area contributed by atoms with E-state index in [1.807, 2.05) is 20.8 Å². The van der Waals surface area contributed by atoms with Crippen LogP contribution in [0.2, 0.25) is 0 Å². The quantitative estimate of drug-likeness (QED) is 0.306. The highest BCUT2D eigenvalue weighted by atomic mass is 16.6. The molecule has 1 aromatic heterocycles. The first-order valence-electron chi connectivity index (χ1n) is 14.3. The lowest BCUT2D eigenvalue weighted by Gasteiger charge is -2.72. The van der Waals surface area contributed by atoms with Crippen LogP contribution in [0.25, 0.3) is 0 Å². The Hall–Kier alpha value is -3.18. The molecule has 1 spiro atoms. The molecule has 5 unspecified atom stereocenters. The zero-order valence-electron chi connectivity index (χ0n) is 25.1. The molecular formula is C31H40O11. The Balaban J connectivity index is 1.74. The summed E-state index contributed by atoms with van der Waals surface area (Å²) in [6.07, 6.45) is -1.70. The Morgan fingerprint density at radius 2 is 1.71 bits per heavy atom. The first-order valence-corrected chi connectivity index (χ1v) is 14.3. The minimum atomic E-state index is -1.80. The normalized spacial score (nSPS) is 42.0. The van der Waals surface area contributed by atoms with Crippen LogP contribution >= 0.6 is 0 Å². The molecule has 42 heavy (non-hydrogen) atoms. The molecule has 2 aliphatic carbocycles. The van der Waals surface area contributed by atoms with E-state index in [4.69, 9.17) is 28.1 Å². The van der Waals surface area contributed by atoms with E-state index in [1.165, 1.54) is 33.5 Å². The van der Waals surface area contributed by atoms with E-state index < -0.39 is 88.1 Å². The standard InChI is InChI=1S/C31H40O11/c1-15-19-11-23(40-17(3)33)30(7)26(18-9-10-38-14-18)41-27(36)25(35)31(15,30)42-22-13-21(39-16(2)32)28(4,5)20(29(19,22)6)12-24(34)37-8/h9-10,14,19-23,25-26,35H,1,11-13H2,2-8H3/t19?,20-,21-,22?,23?,25+,26?,29+,30?,31+/m0/s1. The molecule has 2 aliphatic heterocycles. The molecule has 1 aromatic rings. The van der Waals surface area contributed by atoms with Gasteiger partial charge in [-0.3, -0.25) is 14.4 Å². The van der Waals surface area contributed by atoms with E-state index in [2.05, 4.69) is 6.58 Å². The Bertz CT molecular complexity index is 1300. The van der Waals surface area contributed by atoms with Crippen molar-refractivity contribution in [3.8, 4) is 0 Å². The van der Waals surface area contributed by atoms with E-state index in [0.717, 1.165) is 0 Å². The van der Waals surface area contributed by atoms with Crippen LogP contribution in [0.15, 0.2) is 35.2 Å². The number of carbonyl (C=O) groups excluding carboxylic acids is 4. The number of aliphatic hydroxyl groups excluding tert-OH is 1. The average molecular weight is 589 g/mol. The summed E-state index contributed by atoms with van der Waals surface area (Å²) < 4.78 is 35.1. The van der Waals surface area contributed by atoms with Crippen molar-refractivity contribution in [3.05, 3.63) is 36.3 Å². The lowest BCUT2D eigenvalue weighted by Crippen LogP contribution is -2.80. The van der Waals surface area contributed by atoms with Gasteiger partial charge < -0.3 is 33.2 Å². The zero-order chi connectivity index (χ0) is 31.0. The molecule has 10 atom stereocenters. The van der Waals surface area contributed by atoms with Crippen molar-refractivity contribution >= 4 is 23.9 Å². The number of cyclic esters (lactones) is 1. The lowest BCUT2D eigenvalue weighted by molar-refractivity contribution is -0.352. The minimum absolute atomic E-state index is 0.00779. The summed E-state index contributed by atoms with van der Waals surface area (Å²) in [5, 5.41) is 11.7. The summed E-state index contributed by atoms with van der Waals surface area (Å²) in [5.41, 5.74) is -3.68. The Morgan fingerprint density at radius 3 is 2.29 bits per heavy atom. The largest absolute Gasteiger partial charge is 0.472 e. The van der Waals surface area contributed by atoms with Crippen LogP contribution in [0.5, 0.6) is 0 Å². The van der Waals surface area contributed by atoms with E-state index in [-0.39, 0.29) is 19.3 Å². The number of rotatable bonds is 5. The molecule has 5 rings (SSSR count). The van der Waals surface area contributed by atoms with Crippen LogP contribution in [0.1, 0.15) is 72.5 Å². The third-order valence-electron chi connectivity index (χ3n) is 10.9. The minimum Gasteiger partial charge on any atom is -0.472 e. The van der Waals surface area contributed by atoms with E-state index in [9.17, 15) is 24.3 Å². The van der Waals surface area contributed by atoms with Gasteiger partial charge in [-0.1, -0.05) is 27.4 Å². The van der Waals surface area contributed by atoms with Gasteiger partial charge in [-0.05, 0) is 36.8 Å². The number of hydrogen-bond acceptors (Lipinski definition) is 11. The number of methoxy groups -OCH3 is 1. The number of ether oxygens (including phenoxy) is 5.